The number of pyridine rings is 1. The molecule has 0 bridgehead atoms. The highest BCUT2D eigenvalue weighted by Crippen LogP contribution is 2.31. The second-order valence-corrected chi connectivity index (χ2v) is 8.64. The normalized spacial score (nSPS) is 10.6. The van der Waals surface area contributed by atoms with Crippen LogP contribution >= 0.6 is 11.3 Å². The molecule has 2 heterocycles. The van der Waals surface area contributed by atoms with Crippen LogP contribution in [0.5, 0.6) is 23.1 Å². The second-order valence-electron chi connectivity index (χ2n) is 7.70. The van der Waals surface area contributed by atoms with Crippen molar-refractivity contribution >= 4 is 22.9 Å². The third kappa shape index (κ3) is 6.32. The molecule has 174 valence electrons. The first-order valence-electron chi connectivity index (χ1n) is 10.7. The van der Waals surface area contributed by atoms with Crippen LogP contribution in [-0.2, 0) is 17.8 Å². The number of ether oxygens (including phenoxy) is 3. The number of nitrogens with one attached hydrogen (secondary N) is 1. The number of hydrogen-bond acceptors (Lipinski definition) is 7. The standard InChI is InChI=1S/C26H25N3O4S/c1-17-4-8-21(9-5-17)32-15-26-29-20(16-34-26)13-24(30)28-19-7-11-25(27-14-19)33-22-10-6-18(2)12-23(22)31-3/h4-12,14,16H,13,15H2,1-3H3,(H,28,30). The summed E-state index contributed by atoms with van der Waals surface area (Å²) in [6, 6.07) is 16.9. The van der Waals surface area contributed by atoms with Gasteiger partial charge in [-0.05, 0) is 49.7 Å². The molecule has 1 amide bonds. The van der Waals surface area contributed by atoms with Gasteiger partial charge in [0.15, 0.2) is 11.5 Å². The first kappa shape index (κ1) is 23.3. The van der Waals surface area contributed by atoms with Crippen LogP contribution in [0.2, 0.25) is 0 Å². The molecule has 0 spiro atoms. The summed E-state index contributed by atoms with van der Waals surface area (Å²) in [5.74, 6) is 2.22. The number of hydrogen-bond donors (Lipinski definition) is 1. The molecule has 8 heteroatoms. The summed E-state index contributed by atoms with van der Waals surface area (Å²) in [5.41, 5.74) is 3.52. The van der Waals surface area contributed by atoms with E-state index < -0.39 is 0 Å². The van der Waals surface area contributed by atoms with Crippen molar-refractivity contribution < 1.29 is 19.0 Å². The lowest BCUT2D eigenvalue weighted by molar-refractivity contribution is -0.115. The van der Waals surface area contributed by atoms with Crippen molar-refractivity contribution in [1.82, 2.24) is 9.97 Å². The molecule has 0 fully saturated rings. The first-order chi connectivity index (χ1) is 16.5. The number of anilines is 1. The zero-order valence-corrected chi connectivity index (χ0v) is 20.0. The predicted octanol–water partition coefficient (Wildman–Crippen LogP) is 5.72. The van der Waals surface area contributed by atoms with E-state index in [-0.39, 0.29) is 12.3 Å². The number of rotatable bonds is 9. The highest BCUT2D eigenvalue weighted by atomic mass is 32.1. The molecule has 2 aromatic carbocycles. The molecule has 34 heavy (non-hydrogen) atoms. The fourth-order valence-electron chi connectivity index (χ4n) is 3.13. The molecule has 4 aromatic rings. The summed E-state index contributed by atoms with van der Waals surface area (Å²) in [4.78, 5) is 21.2. The zero-order valence-electron chi connectivity index (χ0n) is 19.2. The van der Waals surface area contributed by atoms with Crippen molar-refractivity contribution in [2.24, 2.45) is 0 Å². The van der Waals surface area contributed by atoms with Crippen molar-refractivity contribution in [3.63, 3.8) is 0 Å². The van der Waals surface area contributed by atoms with Crippen molar-refractivity contribution in [1.29, 1.82) is 0 Å². The van der Waals surface area contributed by atoms with Crippen LogP contribution < -0.4 is 19.5 Å². The molecule has 0 aliphatic rings. The van der Waals surface area contributed by atoms with Gasteiger partial charge in [0.1, 0.15) is 17.4 Å². The molecule has 0 unspecified atom stereocenters. The number of methoxy groups -OCH3 is 1. The van der Waals surface area contributed by atoms with Crippen LogP contribution in [-0.4, -0.2) is 23.0 Å². The molecule has 1 N–H and O–H groups in total. The molecule has 7 nitrogen and oxygen atoms in total. The van der Waals surface area contributed by atoms with Crippen molar-refractivity contribution in [3.8, 4) is 23.1 Å². The summed E-state index contributed by atoms with van der Waals surface area (Å²) in [6.07, 6.45) is 1.72. The summed E-state index contributed by atoms with van der Waals surface area (Å²) >= 11 is 1.47. The minimum absolute atomic E-state index is 0.167. The molecule has 0 atom stereocenters. The minimum Gasteiger partial charge on any atom is -0.493 e. The third-order valence-corrected chi connectivity index (χ3v) is 5.75. The molecular formula is C26H25N3O4S. The molecule has 0 radical (unpaired) electrons. The monoisotopic (exact) mass is 475 g/mol. The minimum atomic E-state index is -0.174. The van der Waals surface area contributed by atoms with Gasteiger partial charge < -0.3 is 19.5 Å². The molecular weight excluding hydrogens is 450 g/mol. The van der Waals surface area contributed by atoms with Crippen LogP contribution in [0, 0.1) is 13.8 Å². The van der Waals surface area contributed by atoms with Gasteiger partial charge in [0.2, 0.25) is 11.8 Å². The second kappa shape index (κ2) is 10.8. The van der Waals surface area contributed by atoms with Crippen molar-refractivity contribution in [3.05, 3.63) is 88.0 Å². The van der Waals surface area contributed by atoms with Gasteiger partial charge in [-0.1, -0.05) is 23.8 Å². The van der Waals surface area contributed by atoms with Crippen LogP contribution in [0.4, 0.5) is 5.69 Å². The van der Waals surface area contributed by atoms with E-state index in [1.165, 1.54) is 16.9 Å². The van der Waals surface area contributed by atoms with Crippen LogP contribution in [0.1, 0.15) is 21.8 Å². The topological polar surface area (TPSA) is 82.6 Å². The summed E-state index contributed by atoms with van der Waals surface area (Å²) in [6.45, 7) is 4.38. The Balaban J connectivity index is 1.28. The number of thiazole rings is 1. The van der Waals surface area contributed by atoms with E-state index in [0.717, 1.165) is 16.3 Å². The van der Waals surface area contributed by atoms with E-state index in [2.05, 4.69) is 15.3 Å². The first-order valence-corrected chi connectivity index (χ1v) is 11.6. The van der Waals surface area contributed by atoms with Crippen LogP contribution in [0.25, 0.3) is 0 Å². The quantitative estimate of drug-likeness (QED) is 0.334. The van der Waals surface area contributed by atoms with E-state index in [9.17, 15) is 4.79 Å². The van der Waals surface area contributed by atoms with E-state index in [1.807, 2.05) is 61.7 Å². The van der Waals surface area contributed by atoms with Gasteiger partial charge in [-0.15, -0.1) is 11.3 Å². The lowest BCUT2D eigenvalue weighted by atomic mass is 10.2. The van der Waals surface area contributed by atoms with Gasteiger partial charge in [-0.3, -0.25) is 4.79 Å². The summed E-state index contributed by atoms with van der Waals surface area (Å²) in [7, 11) is 1.59. The number of nitrogens with zero attached hydrogens (tertiary/aromatic N) is 2. The van der Waals surface area contributed by atoms with Crippen molar-refractivity contribution in [2.75, 3.05) is 12.4 Å². The van der Waals surface area contributed by atoms with E-state index in [4.69, 9.17) is 14.2 Å². The fourth-order valence-corrected chi connectivity index (χ4v) is 3.84. The Hall–Kier alpha value is -3.91. The molecule has 2 aromatic heterocycles. The summed E-state index contributed by atoms with van der Waals surface area (Å²) in [5, 5.41) is 5.53. The van der Waals surface area contributed by atoms with E-state index >= 15 is 0 Å². The van der Waals surface area contributed by atoms with Gasteiger partial charge in [0.05, 0.1) is 31.1 Å². The largest absolute Gasteiger partial charge is 0.493 e. The Bertz CT molecular complexity index is 1250. The zero-order chi connectivity index (χ0) is 23.9. The number of aryl methyl sites for hydroxylation is 2. The number of aromatic nitrogens is 2. The number of carbonyl (C=O) groups is 1. The predicted molar refractivity (Wildman–Crippen MR) is 132 cm³/mol. The van der Waals surface area contributed by atoms with Crippen molar-refractivity contribution in [2.45, 2.75) is 26.9 Å². The van der Waals surface area contributed by atoms with Crippen LogP contribution in [0.15, 0.2) is 66.2 Å². The van der Waals surface area contributed by atoms with E-state index in [0.29, 0.717) is 35.4 Å². The van der Waals surface area contributed by atoms with Gasteiger partial charge in [-0.25, -0.2) is 9.97 Å². The SMILES string of the molecule is COc1cc(C)ccc1Oc1ccc(NC(=O)Cc2csc(COc3ccc(C)cc3)n2)cn1. The highest BCUT2D eigenvalue weighted by Gasteiger charge is 2.11. The third-order valence-electron chi connectivity index (χ3n) is 4.88. The Morgan fingerprint density at radius 3 is 2.53 bits per heavy atom. The fraction of sp³-hybridized carbons (Fsp3) is 0.192. The van der Waals surface area contributed by atoms with Gasteiger partial charge in [-0.2, -0.15) is 0 Å². The highest BCUT2D eigenvalue weighted by molar-refractivity contribution is 7.09. The van der Waals surface area contributed by atoms with Gasteiger partial charge in [0.25, 0.3) is 0 Å². The summed E-state index contributed by atoms with van der Waals surface area (Å²) < 4.78 is 16.9. The average Bonchev–Trinajstić information content (AvgIpc) is 3.28. The lowest BCUT2D eigenvalue weighted by Gasteiger charge is -2.10. The van der Waals surface area contributed by atoms with Gasteiger partial charge >= 0.3 is 0 Å². The number of benzene rings is 2. The number of carbonyl (C=O) groups excluding carboxylic acids is 1. The molecule has 0 aliphatic carbocycles. The lowest BCUT2D eigenvalue weighted by Crippen LogP contribution is -2.14. The molecule has 4 rings (SSSR count). The number of amides is 1. The molecule has 0 saturated heterocycles. The Morgan fingerprint density at radius 1 is 1.00 bits per heavy atom. The Labute approximate surface area is 202 Å². The van der Waals surface area contributed by atoms with Crippen LogP contribution in [0.3, 0.4) is 0 Å². The Morgan fingerprint density at radius 2 is 1.79 bits per heavy atom. The molecule has 0 saturated carbocycles. The average molecular weight is 476 g/mol. The maximum absolute atomic E-state index is 12.4. The smallest absolute Gasteiger partial charge is 0.230 e. The maximum Gasteiger partial charge on any atom is 0.230 e. The molecule has 0 aliphatic heterocycles. The van der Waals surface area contributed by atoms with Gasteiger partial charge in [0, 0.05) is 11.4 Å². The van der Waals surface area contributed by atoms with E-state index in [1.54, 1.807) is 25.4 Å². The maximum atomic E-state index is 12.4. The Kier molecular flexibility index (Phi) is 7.39.